The second-order valence-corrected chi connectivity index (χ2v) is 9.27. The minimum absolute atomic E-state index is 0.00807. The molecule has 2 rings (SSSR count). The van der Waals surface area contributed by atoms with Crippen LogP contribution in [0.3, 0.4) is 0 Å². The van der Waals surface area contributed by atoms with Crippen LogP contribution in [0, 0.1) is 13.8 Å². The molecule has 0 fully saturated rings. The van der Waals surface area contributed by atoms with Gasteiger partial charge in [-0.2, -0.15) is 0 Å². The number of amides is 2. The van der Waals surface area contributed by atoms with Crippen LogP contribution in [0.5, 0.6) is 0 Å². The van der Waals surface area contributed by atoms with Gasteiger partial charge in [0.05, 0.1) is 23.2 Å². The molecular weight excluding hydrogens is 402 g/mol. The summed E-state index contributed by atoms with van der Waals surface area (Å²) in [6, 6.07) is 11.9. The van der Waals surface area contributed by atoms with Crippen molar-refractivity contribution in [2.24, 2.45) is 0 Å². The molecule has 8 heteroatoms. The minimum Gasteiger partial charge on any atom is -0.350 e. The van der Waals surface area contributed by atoms with Crippen molar-refractivity contribution >= 4 is 33.2 Å². The lowest BCUT2D eigenvalue weighted by Crippen LogP contribution is -2.38. The number of hydrogen-bond acceptors (Lipinski definition) is 4. The maximum Gasteiger partial charge on any atom is 0.253 e. The summed E-state index contributed by atoms with van der Waals surface area (Å²) < 4.78 is 25.9. The normalized spacial score (nSPS) is 12.2. The molecule has 30 heavy (non-hydrogen) atoms. The van der Waals surface area contributed by atoms with Gasteiger partial charge < -0.3 is 10.6 Å². The molecule has 0 radical (unpaired) electrons. The summed E-state index contributed by atoms with van der Waals surface area (Å²) in [4.78, 5) is 25.3. The van der Waals surface area contributed by atoms with E-state index in [1.165, 1.54) is 0 Å². The van der Waals surface area contributed by atoms with Gasteiger partial charge in [-0.05, 0) is 56.5 Å². The van der Waals surface area contributed by atoms with Gasteiger partial charge >= 0.3 is 0 Å². The SMILES string of the molecule is CCC(C)NC(=O)c1ccccc1NC(=O)CN(c1cccc(C)c1C)S(C)(=O)=O. The molecule has 1 unspecified atom stereocenters. The lowest BCUT2D eigenvalue weighted by atomic mass is 10.1. The van der Waals surface area contributed by atoms with Gasteiger partial charge in [0.2, 0.25) is 15.9 Å². The number of carbonyl (C=O) groups excluding carboxylic acids is 2. The van der Waals surface area contributed by atoms with Crippen LogP contribution in [-0.2, 0) is 14.8 Å². The molecule has 0 spiro atoms. The van der Waals surface area contributed by atoms with Crippen LogP contribution in [0.15, 0.2) is 42.5 Å². The van der Waals surface area contributed by atoms with E-state index in [1.807, 2.05) is 33.8 Å². The number of rotatable bonds is 8. The lowest BCUT2D eigenvalue weighted by Gasteiger charge is -2.24. The van der Waals surface area contributed by atoms with E-state index in [9.17, 15) is 18.0 Å². The molecule has 0 aliphatic carbocycles. The molecule has 0 aliphatic rings. The number of hydrogen-bond donors (Lipinski definition) is 2. The van der Waals surface area contributed by atoms with Crippen LogP contribution < -0.4 is 14.9 Å². The van der Waals surface area contributed by atoms with Gasteiger partial charge in [0, 0.05) is 6.04 Å². The summed E-state index contributed by atoms with van der Waals surface area (Å²) in [7, 11) is -3.70. The fourth-order valence-corrected chi connectivity index (χ4v) is 3.81. The molecule has 2 aromatic carbocycles. The summed E-state index contributed by atoms with van der Waals surface area (Å²) in [5.41, 5.74) is 2.81. The average molecular weight is 432 g/mol. The summed E-state index contributed by atoms with van der Waals surface area (Å²) in [5, 5.41) is 5.55. The Bertz CT molecular complexity index is 1030. The largest absolute Gasteiger partial charge is 0.350 e. The molecule has 2 aromatic rings. The third-order valence-corrected chi connectivity index (χ3v) is 6.09. The topological polar surface area (TPSA) is 95.6 Å². The Labute approximate surface area is 178 Å². The first-order chi connectivity index (χ1) is 14.0. The van der Waals surface area contributed by atoms with E-state index >= 15 is 0 Å². The Morgan fingerprint density at radius 3 is 2.37 bits per heavy atom. The van der Waals surface area contributed by atoms with Crippen LogP contribution in [0.1, 0.15) is 41.8 Å². The monoisotopic (exact) mass is 431 g/mol. The lowest BCUT2D eigenvalue weighted by molar-refractivity contribution is -0.114. The minimum atomic E-state index is -3.70. The van der Waals surface area contributed by atoms with Crippen molar-refractivity contribution in [3.05, 3.63) is 59.2 Å². The number of anilines is 2. The zero-order valence-corrected chi connectivity index (χ0v) is 18.8. The van der Waals surface area contributed by atoms with E-state index in [-0.39, 0.29) is 11.9 Å². The molecule has 0 saturated heterocycles. The van der Waals surface area contributed by atoms with Crippen molar-refractivity contribution in [1.82, 2.24) is 5.32 Å². The Morgan fingerprint density at radius 1 is 1.07 bits per heavy atom. The third kappa shape index (κ3) is 5.82. The van der Waals surface area contributed by atoms with E-state index in [2.05, 4.69) is 10.6 Å². The third-order valence-electron chi connectivity index (χ3n) is 4.97. The molecule has 2 N–H and O–H groups in total. The van der Waals surface area contributed by atoms with E-state index < -0.39 is 22.5 Å². The highest BCUT2D eigenvalue weighted by molar-refractivity contribution is 7.92. The van der Waals surface area contributed by atoms with E-state index in [1.54, 1.807) is 36.4 Å². The first-order valence-corrected chi connectivity index (χ1v) is 11.6. The fraction of sp³-hybridized carbons (Fsp3) is 0.364. The van der Waals surface area contributed by atoms with Crippen molar-refractivity contribution in [3.63, 3.8) is 0 Å². The van der Waals surface area contributed by atoms with E-state index in [0.29, 0.717) is 16.9 Å². The maximum absolute atomic E-state index is 12.7. The molecule has 7 nitrogen and oxygen atoms in total. The second kappa shape index (κ2) is 9.75. The van der Waals surface area contributed by atoms with E-state index in [0.717, 1.165) is 28.1 Å². The number of para-hydroxylation sites is 1. The highest BCUT2D eigenvalue weighted by Gasteiger charge is 2.23. The average Bonchev–Trinajstić information content (AvgIpc) is 2.68. The standard InChI is InChI=1S/C22H29N3O4S/c1-6-16(3)23-22(27)18-11-7-8-12-19(18)24-21(26)14-25(30(5,28)29)20-13-9-10-15(2)17(20)4/h7-13,16H,6,14H2,1-5H3,(H,23,27)(H,24,26). The van der Waals surface area contributed by atoms with Gasteiger partial charge in [0.15, 0.2) is 0 Å². The predicted octanol–water partition coefficient (Wildman–Crippen LogP) is 3.24. The van der Waals surface area contributed by atoms with Crippen molar-refractivity contribution in [2.75, 3.05) is 22.4 Å². The van der Waals surface area contributed by atoms with Crippen LogP contribution >= 0.6 is 0 Å². The summed E-state index contributed by atoms with van der Waals surface area (Å²) in [6.07, 6.45) is 1.84. The first kappa shape index (κ1) is 23.4. The molecule has 0 saturated carbocycles. The van der Waals surface area contributed by atoms with Crippen LogP contribution in [0.25, 0.3) is 0 Å². The molecule has 0 bridgehead atoms. The molecule has 0 aliphatic heterocycles. The van der Waals surface area contributed by atoms with Crippen LogP contribution in [-0.4, -0.2) is 39.1 Å². The van der Waals surface area contributed by atoms with Gasteiger partial charge in [-0.25, -0.2) is 8.42 Å². The van der Waals surface area contributed by atoms with Gasteiger partial charge in [-0.15, -0.1) is 0 Å². The Hall–Kier alpha value is -2.87. The summed E-state index contributed by atoms with van der Waals surface area (Å²) >= 11 is 0. The second-order valence-electron chi connectivity index (χ2n) is 7.37. The van der Waals surface area contributed by atoms with Crippen molar-refractivity contribution in [1.29, 1.82) is 0 Å². The molecule has 0 aromatic heterocycles. The number of nitrogens with zero attached hydrogens (tertiary/aromatic N) is 1. The summed E-state index contributed by atoms with van der Waals surface area (Å²) in [6.45, 7) is 7.16. The Morgan fingerprint density at radius 2 is 1.73 bits per heavy atom. The zero-order valence-electron chi connectivity index (χ0n) is 18.0. The van der Waals surface area contributed by atoms with Crippen molar-refractivity contribution in [3.8, 4) is 0 Å². The van der Waals surface area contributed by atoms with Gasteiger partial charge in [0.25, 0.3) is 5.91 Å². The number of sulfonamides is 1. The predicted molar refractivity (Wildman–Crippen MR) is 120 cm³/mol. The quantitative estimate of drug-likeness (QED) is 0.671. The molecule has 1 atom stereocenters. The molecule has 2 amide bonds. The van der Waals surface area contributed by atoms with Crippen molar-refractivity contribution in [2.45, 2.75) is 40.2 Å². The Balaban J connectivity index is 2.27. The molecular formula is C22H29N3O4S. The molecule has 162 valence electrons. The fourth-order valence-electron chi connectivity index (χ4n) is 2.90. The zero-order chi connectivity index (χ0) is 22.5. The number of benzene rings is 2. The van der Waals surface area contributed by atoms with Crippen LogP contribution in [0.2, 0.25) is 0 Å². The van der Waals surface area contributed by atoms with Crippen LogP contribution in [0.4, 0.5) is 11.4 Å². The van der Waals surface area contributed by atoms with Gasteiger partial charge in [-0.1, -0.05) is 31.2 Å². The number of carbonyl (C=O) groups is 2. The van der Waals surface area contributed by atoms with E-state index in [4.69, 9.17) is 0 Å². The first-order valence-electron chi connectivity index (χ1n) is 9.78. The smallest absolute Gasteiger partial charge is 0.253 e. The van der Waals surface area contributed by atoms with Gasteiger partial charge in [-0.3, -0.25) is 13.9 Å². The maximum atomic E-state index is 12.7. The summed E-state index contributed by atoms with van der Waals surface area (Å²) in [5.74, 6) is -0.833. The highest BCUT2D eigenvalue weighted by Crippen LogP contribution is 2.25. The van der Waals surface area contributed by atoms with Crippen molar-refractivity contribution < 1.29 is 18.0 Å². The van der Waals surface area contributed by atoms with Gasteiger partial charge in [0.1, 0.15) is 6.54 Å². The highest BCUT2D eigenvalue weighted by atomic mass is 32.2. The Kier molecular flexibility index (Phi) is 7.61. The number of nitrogens with one attached hydrogen (secondary N) is 2. The molecule has 0 heterocycles. The number of aryl methyl sites for hydroxylation is 1.